The van der Waals surface area contributed by atoms with Crippen LogP contribution in [-0.4, -0.2) is 30.2 Å². The first-order valence-electron chi connectivity index (χ1n) is 4.39. The quantitative estimate of drug-likeness (QED) is 0.681. The summed E-state index contributed by atoms with van der Waals surface area (Å²) in [6.07, 6.45) is 0.831. The highest BCUT2D eigenvalue weighted by Gasteiger charge is 2.22. The molecule has 2 atom stereocenters. The standard InChI is InChI=1S/C8H15F2NO/c9-8(10)5-11-6-3-1-2-4-7(6)12/h6-8,11-12H,1-5H2/t6-,7-/m0/s1. The Hall–Kier alpha value is -0.220. The molecule has 4 heteroatoms. The predicted octanol–water partition coefficient (Wildman–Crippen LogP) is 1.14. The zero-order valence-electron chi connectivity index (χ0n) is 6.97. The number of aliphatic hydroxyl groups is 1. The first kappa shape index (κ1) is 9.86. The largest absolute Gasteiger partial charge is 0.392 e. The normalized spacial score (nSPS) is 31.0. The zero-order chi connectivity index (χ0) is 8.97. The predicted molar refractivity (Wildman–Crippen MR) is 42.3 cm³/mol. The summed E-state index contributed by atoms with van der Waals surface area (Å²) in [7, 11) is 0. The van der Waals surface area contributed by atoms with E-state index in [0.29, 0.717) is 0 Å². The molecule has 0 aromatic carbocycles. The highest BCUT2D eigenvalue weighted by molar-refractivity contribution is 4.80. The topological polar surface area (TPSA) is 32.3 Å². The smallest absolute Gasteiger partial charge is 0.250 e. The van der Waals surface area contributed by atoms with Gasteiger partial charge >= 0.3 is 0 Å². The summed E-state index contributed by atoms with van der Waals surface area (Å²) in [5.74, 6) is 0. The Morgan fingerprint density at radius 3 is 2.58 bits per heavy atom. The summed E-state index contributed by atoms with van der Waals surface area (Å²) in [4.78, 5) is 0. The van der Waals surface area contributed by atoms with E-state index in [1.165, 1.54) is 0 Å². The van der Waals surface area contributed by atoms with Crippen LogP contribution in [0.5, 0.6) is 0 Å². The van der Waals surface area contributed by atoms with Crippen molar-refractivity contribution in [3.63, 3.8) is 0 Å². The fraction of sp³-hybridized carbons (Fsp3) is 1.00. The van der Waals surface area contributed by atoms with Crippen molar-refractivity contribution < 1.29 is 13.9 Å². The second kappa shape index (κ2) is 4.72. The van der Waals surface area contributed by atoms with Gasteiger partial charge in [0.2, 0.25) is 0 Å². The van der Waals surface area contributed by atoms with Gasteiger partial charge in [0.05, 0.1) is 12.6 Å². The molecule has 1 saturated carbocycles. The van der Waals surface area contributed by atoms with Crippen LogP contribution in [0, 0.1) is 0 Å². The minimum absolute atomic E-state index is 0.118. The molecule has 1 rings (SSSR count). The van der Waals surface area contributed by atoms with Crippen molar-refractivity contribution in [2.45, 2.75) is 44.3 Å². The SMILES string of the molecule is O[C@H]1CCCC[C@@H]1NCC(F)F. The van der Waals surface area contributed by atoms with E-state index in [2.05, 4.69) is 5.32 Å². The molecule has 0 spiro atoms. The number of aliphatic hydroxyl groups excluding tert-OH is 1. The summed E-state index contributed by atoms with van der Waals surface area (Å²) >= 11 is 0. The third kappa shape index (κ3) is 3.03. The molecule has 2 N–H and O–H groups in total. The van der Waals surface area contributed by atoms with Crippen LogP contribution in [0.1, 0.15) is 25.7 Å². The van der Waals surface area contributed by atoms with Crippen molar-refractivity contribution in [1.29, 1.82) is 0 Å². The van der Waals surface area contributed by atoms with Gasteiger partial charge in [0.1, 0.15) is 0 Å². The average Bonchev–Trinajstić information content (AvgIpc) is 2.03. The highest BCUT2D eigenvalue weighted by Crippen LogP contribution is 2.18. The fourth-order valence-corrected chi connectivity index (χ4v) is 1.59. The number of nitrogens with one attached hydrogen (secondary N) is 1. The summed E-state index contributed by atoms with van der Waals surface area (Å²) < 4.78 is 23.5. The van der Waals surface area contributed by atoms with E-state index in [4.69, 9.17) is 0 Å². The number of halogens is 2. The van der Waals surface area contributed by atoms with Crippen molar-refractivity contribution in [1.82, 2.24) is 5.32 Å². The molecular weight excluding hydrogens is 164 g/mol. The van der Waals surface area contributed by atoms with E-state index in [0.717, 1.165) is 25.7 Å². The molecular formula is C8H15F2NO. The molecule has 2 nitrogen and oxygen atoms in total. The van der Waals surface area contributed by atoms with Crippen molar-refractivity contribution in [2.24, 2.45) is 0 Å². The third-order valence-electron chi connectivity index (χ3n) is 2.26. The maximum absolute atomic E-state index is 11.8. The lowest BCUT2D eigenvalue weighted by molar-refractivity contribution is 0.0741. The van der Waals surface area contributed by atoms with E-state index >= 15 is 0 Å². The Kier molecular flexibility index (Phi) is 3.88. The van der Waals surface area contributed by atoms with Crippen LogP contribution in [0.4, 0.5) is 8.78 Å². The van der Waals surface area contributed by atoms with E-state index in [-0.39, 0.29) is 12.6 Å². The van der Waals surface area contributed by atoms with E-state index < -0.39 is 12.5 Å². The summed E-state index contributed by atoms with van der Waals surface area (Å²) in [6.45, 7) is -0.304. The van der Waals surface area contributed by atoms with Gasteiger partial charge in [-0.05, 0) is 12.8 Å². The molecule has 1 aliphatic rings. The monoisotopic (exact) mass is 179 g/mol. The van der Waals surface area contributed by atoms with E-state index in [1.807, 2.05) is 0 Å². The van der Waals surface area contributed by atoms with Crippen LogP contribution in [0.2, 0.25) is 0 Å². The number of alkyl halides is 2. The van der Waals surface area contributed by atoms with Gasteiger partial charge < -0.3 is 10.4 Å². The molecule has 0 aromatic rings. The van der Waals surface area contributed by atoms with Gasteiger partial charge in [0.25, 0.3) is 6.43 Å². The molecule has 0 aliphatic heterocycles. The Balaban J connectivity index is 2.20. The molecule has 0 bridgehead atoms. The summed E-state index contributed by atoms with van der Waals surface area (Å²) in [6, 6.07) is -0.118. The van der Waals surface area contributed by atoms with Crippen molar-refractivity contribution in [3.8, 4) is 0 Å². The molecule has 0 heterocycles. The molecule has 0 amide bonds. The summed E-state index contributed by atoms with van der Waals surface area (Å²) in [5.41, 5.74) is 0. The second-order valence-electron chi connectivity index (χ2n) is 3.26. The van der Waals surface area contributed by atoms with Gasteiger partial charge in [-0.1, -0.05) is 12.8 Å². The molecule has 1 aliphatic carbocycles. The lowest BCUT2D eigenvalue weighted by Gasteiger charge is -2.28. The Bertz CT molecular complexity index is 132. The second-order valence-corrected chi connectivity index (χ2v) is 3.26. The van der Waals surface area contributed by atoms with Crippen molar-refractivity contribution >= 4 is 0 Å². The molecule has 0 radical (unpaired) electrons. The number of hydrogen-bond donors (Lipinski definition) is 2. The minimum atomic E-state index is -2.32. The van der Waals surface area contributed by atoms with Crippen LogP contribution in [0.3, 0.4) is 0 Å². The van der Waals surface area contributed by atoms with Crippen molar-refractivity contribution in [3.05, 3.63) is 0 Å². The van der Waals surface area contributed by atoms with Gasteiger partial charge in [-0.25, -0.2) is 8.78 Å². The van der Waals surface area contributed by atoms with Crippen LogP contribution in [0.15, 0.2) is 0 Å². The van der Waals surface area contributed by atoms with Gasteiger partial charge in [-0.3, -0.25) is 0 Å². The Morgan fingerprint density at radius 2 is 2.00 bits per heavy atom. The molecule has 12 heavy (non-hydrogen) atoms. The lowest BCUT2D eigenvalue weighted by Crippen LogP contribution is -2.43. The van der Waals surface area contributed by atoms with Crippen molar-refractivity contribution in [2.75, 3.05) is 6.54 Å². The first-order chi connectivity index (χ1) is 5.70. The fourth-order valence-electron chi connectivity index (χ4n) is 1.59. The van der Waals surface area contributed by atoms with Gasteiger partial charge in [0.15, 0.2) is 0 Å². The van der Waals surface area contributed by atoms with E-state index in [1.54, 1.807) is 0 Å². The molecule has 72 valence electrons. The number of rotatable bonds is 3. The van der Waals surface area contributed by atoms with Gasteiger partial charge in [-0.2, -0.15) is 0 Å². The van der Waals surface area contributed by atoms with Crippen LogP contribution in [0.25, 0.3) is 0 Å². The lowest BCUT2D eigenvalue weighted by atomic mass is 9.93. The maximum atomic E-state index is 11.8. The first-order valence-corrected chi connectivity index (χ1v) is 4.39. The molecule has 0 saturated heterocycles. The molecule has 1 fully saturated rings. The summed E-state index contributed by atoms with van der Waals surface area (Å²) in [5, 5.41) is 12.0. The highest BCUT2D eigenvalue weighted by atomic mass is 19.3. The van der Waals surface area contributed by atoms with Crippen LogP contribution in [-0.2, 0) is 0 Å². The molecule has 0 unspecified atom stereocenters. The Labute approximate surface area is 71.0 Å². The number of hydrogen-bond acceptors (Lipinski definition) is 2. The van der Waals surface area contributed by atoms with Gasteiger partial charge in [-0.15, -0.1) is 0 Å². The van der Waals surface area contributed by atoms with E-state index in [9.17, 15) is 13.9 Å². The Morgan fingerprint density at radius 1 is 1.33 bits per heavy atom. The zero-order valence-corrected chi connectivity index (χ0v) is 6.97. The van der Waals surface area contributed by atoms with Crippen LogP contribution < -0.4 is 5.32 Å². The third-order valence-corrected chi connectivity index (χ3v) is 2.26. The minimum Gasteiger partial charge on any atom is -0.392 e. The average molecular weight is 179 g/mol. The maximum Gasteiger partial charge on any atom is 0.250 e. The molecule has 0 aromatic heterocycles. The van der Waals surface area contributed by atoms with Crippen LogP contribution >= 0.6 is 0 Å². The van der Waals surface area contributed by atoms with Gasteiger partial charge in [0, 0.05) is 6.04 Å².